The Morgan fingerprint density at radius 1 is 0.882 bits per heavy atom. The average Bonchev–Trinajstić information content (AvgIpc) is 3.42. The maximum Gasteiger partial charge on any atom is 0.266 e. The Kier molecular flexibility index (Phi) is 6.21. The minimum atomic E-state index is -0.128. The fourth-order valence-electron chi connectivity index (χ4n) is 4.20. The summed E-state index contributed by atoms with van der Waals surface area (Å²) in [7, 11) is 0. The van der Waals surface area contributed by atoms with Crippen molar-refractivity contribution < 1.29 is 9.53 Å². The molecule has 1 saturated heterocycles. The molecule has 0 radical (unpaired) electrons. The van der Waals surface area contributed by atoms with Crippen molar-refractivity contribution in [2.24, 2.45) is 0 Å². The lowest BCUT2D eigenvalue weighted by Gasteiger charge is -2.16. The highest BCUT2D eigenvalue weighted by Gasteiger charge is 2.18. The maximum absolute atomic E-state index is 13.4. The number of ether oxygens (including phenoxy) is 1. The minimum absolute atomic E-state index is 0.00500. The second-order valence-corrected chi connectivity index (χ2v) is 8.21. The van der Waals surface area contributed by atoms with E-state index in [4.69, 9.17) is 9.72 Å². The van der Waals surface area contributed by atoms with Gasteiger partial charge < -0.3 is 9.64 Å². The van der Waals surface area contributed by atoms with E-state index in [0.29, 0.717) is 22.5 Å². The second kappa shape index (κ2) is 9.75. The van der Waals surface area contributed by atoms with Gasteiger partial charge in [0, 0.05) is 18.7 Å². The largest absolute Gasteiger partial charge is 0.483 e. The van der Waals surface area contributed by atoms with Gasteiger partial charge in [0.1, 0.15) is 11.6 Å². The first-order chi connectivity index (χ1) is 16.7. The Hall–Kier alpha value is -4.19. The molecule has 4 aromatic rings. The molecule has 1 aromatic heterocycles. The number of benzene rings is 3. The van der Waals surface area contributed by atoms with E-state index in [1.807, 2.05) is 89.8 Å². The molecule has 1 amide bonds. The molecule has 0 N–H and O–H groups in total. The van der Waals surface area contributed by atoms with E-state index in [2.05, 4.69) is 0 Å². The summed E-state index contributed by atoms with van der Waals surface area (Å²) >= 11 is 0. The number of hydrogen-bond acceptors (Lipinski definition) is 4. The van der Waals surface area contributed by atoms with Crippen molar-refractivity contribution >= 4 is 29.0 Å². The quantitative estimate of drug-likeness (QED) is 0.431. The molecule has 0 unspecified atom stereocenters. The molecular weight excluding hydrogens is 426 g/mol. The van der Waals surface area contributed by atoms with E-state index in [1.165, 1.54) is 0 Å². The fraction of sp³-hybridized carbons (Fsp3) is 0.179. The van der Waals surface area contributed by atoms with Gasteiger partial charge in [0.05, 0.1) is 16.6 Å². The molecule has 34 heavy (non-hydrogen) atoms. The highest BCUT2D eigenvalue weighted by molar-refractivity contribution is 5.81. The van der Waals surface area contributed by atoms with Crippen LogP contribution in [0.2, 0.25) is 0 Å². The minimum Gasteiger partial charge on any atom is -0.483 e. The lowest BCUT2D eigenvalue weighted by atomic mass is 10.1. The predicted octanol–water partition coefficient (Wildman–Crippen LogP) is 4.56. The molecule has 1 aliphatic rings. The first kappa shape index (κ1) is 21.6. The number of fused-ring (bicyclic) bond motifs is 1. The molecule has 2 heterocycles. The summed E-state index contributed by atoms with van der Waals surface area (Å²) in [6, 6.07) is 24.4. The molecule has 6 nitrogen and oxygen atoms in total. The van der Waals surface area contributed by atoms with Gasteiger partial charge in [-0.05, 0) is 55.3 Å². The molecule has 1 fully saturated rings. The highest BCUT2D eigenvalue weighted by atomic mass is 16.5. The molecule has 6 heteroatoms. The molecule has 3 aromatic carbocycles. The van der Waals surface area contributed by atoms with Gasteiger partial charge >= 0.3 is 0 Å². The van der Waals surface area contributed by atoms with Crippen molar-refractivity contribution in [3.05, 3.63) is 101 Å². The third-order valence-corrected chi connectivity index (χ3v) is 5.96. The lowest BCUT2D eigenvalue weighted by molar-refractivity contribution is -0.132. The zero-order valence-corrected chi connectivity index (χ0v) is 18.8. The van der Waals surface area contributed by atoms with Crippen LogP contribution in [0.25, 0.3) is 28.7 Å². The summed E-state index contributed by atoms with van der Waals surface area (Å²) in [6.45, 7) is 1.61. The standard InChI is InChI=1S/C28H25N3O3/c32-27(30-18-8-9-19-30)20-34-25-15-7-4-10-21(25)16-17-26-29-24-14-6-5-13-23(24)28(33)31(26)22-11-2-1-3-12-22/h1-7,10-17H,8-9,18-20H2. The Labute approximate surface area is 197 Å². The zero-order chi connectivity index (χ0) is 23.3. The number of amides is 1. The van der Waals surface area contributed by atoms with E-state index < -0.39 is 0 Å². The van der Waals surface area contributed by atoms with Crippen molar-refractivity contribution in [2.75, 3.05) is 19.7 Å². The number of hydrogen-bond donors (Lipinski definition) is 0. The number of carbonyl (C=O) groups excluding carboxylic acids is 1. The highest BCUT2D eigenvalue weighted by Crippen LogP contribution is 2.22. The van der Waals surface area contributed by atoms with Crippen LogP contribution in [0.3, 0.4) is 0 Å². The third-order valence-electron chi connectivity index (χ3n) is 5.96. The molecule has 0 saturated carbocycles. The average molecular weight is 452 g/mol. The van der Waals surface area contributed by atoms with Crippen LogP contribution in [0, 0.1) is 0 Å². The van der Waals surface area contributed by atoms with Gasteiger partial charge in [-0.15, -0.1) is 0 Å². The van der Waals surface area contributed by atoms with Crippen LogP contribution < -0.4 is 10.3 Å². The second-order valence-electron chi connectivity index (χ2n) is 8.21. The third kappa shape index (κ3) is 4.48. The van der Waals surface area contributed by atoms with E-state index in [1.54, 1.807) is 10.6 Å². The van der Waals surface area contributed by atoms with Crippen LogP contribution >= 0.6 is 0 Å². The van der Waals surface area contributed by atoms with Crippen molar-refractivity contribution in [2.45, 2.75) is 12.8 Å². The van der Waals surface area contributed by atoms with Crippen LogP contribution in [-0.2, 0) is 4.79 Å². The molecule has 0 atom stereocenters. The van der Waals surface area contributed by atoms with Crippen molar-refractivity contribution in [3.63, 3.8) is 0 Å². The summed E-state index contributed by atoms with van der Waals surface area (Å²) in [5.74, 6) is 1.13. The smallest absolute Gasteiger partial charge is 0.266 e. The summed E-state index contributed by atoms with van der Waals surface area (Å²) < 4.78 is 7.49. The zero-order valence-electron chi connectivity index (χ0n) is 18.8. The summed E-state index contributed by atoms with van der Waals surface area (Å²) in [5.41, 5.74) is 2.06. The van der Waals surface area contributed by atoms with Crippen LogP contribution in [0.1, 0.15) is 24.2 Å². The normalized spacial score (nSPS) is 13.6. The van der Waals surface area contributed by atoms with Crippen LogP contribution in [0.15, 0.2) is 83.7 Å². The van der Waals surface area contributed by atoms with Gasteiger partial charge in [-0.25, -0.2) is 4.98 Å². The van der Waals surface area contributed by atoms with Gasteiger partial charge in [-0.2, -0.15) is 0 Å². The maximum atomic E-state index is 13.4. The van der Waals surface area contributed by atoms with Crippen molar-refractivity contribution in [3.8, 4) is 11.4 Å². The fourth-order valence-corrected chi connectivity index (χ4v) is 4.20. The van der Waals surface area contributed by atoms with Crippen molar-refractivity contribution in [1.29, 1.82) is 0 Å². The molecular formula is C28H25N3O3. The first-order valence-corrected chi connectivity index (χ1v) is 11.5. The number of carbonyl (C=O) groups is 1. The SMILES string of the molecule is O=C(COc1ccccc1C=Cc1nc2ccccc2c(=O)n1-c1ccccc1)N1CCCC1. The van der Waals surface area contributed by atoms with Gasteiger partial charge in [0.25, 0.3) is 11.5 Å². The predicted molar refractivity (Wildman–Crippen MR) is 134 cm³/mol. The molecule has 170 valence electrons. The Bertz CT molecular complexity index is 1400. The Morgan fingerprint density at radius 3 is 2.41 bits per heavy atom. The first-order valence-electron chi connectivity index (χ1n) is 11.5. The Morgan fingerprint density at radius 2 is 1.59 bits per heavy atom. The number of nitrogens with zero attached hydrogens (tertiary/aromatic N) is 3. The number of likely N-dealkylation sites (tertiary alicyclic amines) is 1. The molecule has 0 spiro atoms. The van der Waals surface area contributed by atoms with Gasteiger partial charge in [-0.1, -0.05) is 48.5 Å². The molecule has 1 aliphatic heterocycles. The molecule has 0 aliphatic carbocycles. The number of aromatic nitrogens is 2. The van der Waals surface area contributed by atoms with E-state index in [9.17, 15) is 9.59 Å². The monoisotopic (exact) mass is 451 g/mol. The Balaban J connectivity index is 1.49. The summed E-state index contributed by atoms with van der Waals surface area (Å²) in [6.07, 6.45) is 5.77. The van der Waals surface area contributed by atoms with Gasteiger partial charge in [0.15, 0.2) is 6.61 Å². The van der Waals surface area contributed by atoms with E-state index in [0.717, 1.165) is 37.2 Å². The van der Waals surface area contributed by atoms with Gasteiger partial charge in [0.2, 0.25) is 0 Å². The summed E-state index contributed by atoms with van der Waals surface area (Å²) in [5, 5.41) is 0.563. The van der Waals surface area contributed by atoms with Crippen LogP contribution in [0.5, 0.6) is 5.75 Å². The van der Waals surface area contributed by atoms with Crippen LogP contribution in [0.4, 0.5) is 0 Å². The summed E-state index contributed by atoms with van der Waals surface area (Å²) in [4.78, 5) is 32.4. The van der Waals surface area contributed by atoms with Crippen LogP contribution in [-0.4, -0.2) is 40.1 Å². The lowest BCUT2D eigenvalue weighted by Crippen LogP contribution is -2.32. The number of para-hydroxylation sites is 3. The molecule has 5 rings (SSSR count). The van der Waals surface area contributed by atoms with E-state index in [-0.39, 0.29) is 18.1 Å². The topological polar surface area (TPSA) is 64.4 Å². The van der Waals surface area contributed by atoms with Gasteiger partial charge in [-0.3, -0.25) is 14.2 Å². The number of rotatable bonds is 6. The molecule has 0 bridgehead atoms. The van der Waals surface area contributed by atoms with Crippen molar-refractivity contribution in [1.82, 2.24) is 14.5 Å². The van der Waals surface area contributed by atoms with E-state index >= 15 is 0 Å².